The van der Waals surface area contributed by atoms with Crippen LogP contribution in [0.3, 0.4) is 0 Å². The van der Waals surface area contributed by atoms with Crippen molar-refractivity contribution in [2.24, 2.45) is 17.1 Å². The van der Waals surface area contributed by atoms with Crippen molar-refractivity contribution in [1.82, 2.24) is 10.6 Å². The number of hydrogen-bond donors (Lipinski definition) is 3. The van der Waals surface area contributed by atoms with Crippen molar-refractivity contribution >= 4 is 11.7 Å². The Labute approximate surface area is 153 Å². The van der Waals surface area contributed by atoms with E-state index in [1.807, 2.05) is 6.07 Å². The second kappa shape index (κ2) is 7.00. The van der Waals surface area contributed by atoms with Gasteiger partial charge in [0.15, 0.2) is 11.9 Å². The molecular formula is C20H27N3O3. The summed E-state index contributed by atoms with van der Waals surface area (Å²) in [7, 11) is 0. The fourth-order valence-electron chi connectivity index (χ4n) is 4.78. The molecule has 0 radical (unpaired) electrons. The number of amides is 1. The number of hydrogen-bond acceptors (Lipinski definition) is 5. The molecule has 1 saturated heterocycles. The molecular weight excluding hydrogens is 330 g/mol. The van der Waals surface area contributed by atoms with E-state index < -0.39 is 12.0 Å². The number of nitrogens with two attached hydrogens (primary N) is 1. The Bertz CT molecular complexity index is 712. The third-order valence-corrected chi connectivity index (χ3v) is 6.35. The highest BCUT2D eigenvalue weighted by molar-refractivity contribution is 5.93. The minimum absolute atomic E-state index is 0.0840. The molecule has 2 aliphatic heterocycles. The summed E-state index contributed by atoms with van der Waals surface area (Å²) in [5, 5.41) is 6.73. The van der Waals surface area contributed by atoms with Crippen LogP contribution in [0, 0.1) is 11.3 Å². The molecule has 0 bridgehead atoms. The fraction of sp³-hybridized carbons (Fsp3) is 0.600. The van der Waals surface area contributed by atoms with Gasteiger partial charge in [0.2, 0.25) is 5.91 Å². The molecule has 2 atom stereocenters. The second-order valence-electron chi connectivity index (χ2n) is 8.02. The average molecular weight is 357 g/mol. The van der Waals surface area contributed by atoms with Gasteiger partial charge < -0.3 is 21.1 Å². The Morgan fingerprint density at radius 2 is 1.96 bits per heavy atom. The smallest absolute Gasteiger partial charge is 0.248 e. The minimum atomic E-state index is -0.499. The van der Waals surface area contributed by atoms with Gasteiger partial charge in [-0.3, -0.25) is 9.59 Å². The molecule has 1 saturated carbocycles. The maximum Gasteiger partial charge on any atom is 0.248 e. The van der Waals surface area contributed by atoms with E-state index in [4.69, 9.17) is 10.5 Å². The molecule has 26 heavy (non-hydrogen) atoms. The molecule has 1 spiro atoms. The molecule has 4 rings (SSSR count). The van der Waals surface area contributed by atoms with Crippen LogP contribution >= 0.6 is 0 Å². The summed E-state index contributed by atoms with van der Waals surface area (Å²) in [4.78, 5) is 24.6. The molecule has 4 N–H and O–H groups in total. The zero-order chi connectivity index (χ0) is 18.1. The third-order valence-electron chi connectivity index (χ3n) is 6.35. The summed E-state index contributed by atoms with van der Waals surface area (Å²) >= 11 is 0. The van der Waals surface area contributed by atoms with Crippen molar-refractivity contribution in [1.29, 1.82) is 0 Å². The lowest BCUT2D eigenvalue weighted by atomic mass is 9.76. The second-order valence-corrected chi connectivity index (χ2v) is 8.02. The highest BCUT2D eigenvalue weighted by Gasteiger charge is 2.44. The number of ether oxygens (including phenoxy) is 1. The quantitative estimate of drug-likeness (QED) is 0.760. The summed E-state index contributed by atoms with van der Waals surface area (Å²) < 4.78 is 6.07. The molecule has 1 aromatic rings. The first-order valence-electron chi connectivity index (χ1n) is 9.61. The number of nitrogens with one attached hydrogen (secondary N) is 2. The predicted octanol–water partition coefficient (Wildman–Crippen LogP) is 1.38. The van der Waals surface area contributed by atoms with Gasteiger partial charge in [-0.15, -0.1) is 0 Å². The van der Waals surface area contributed by atoms with E-state index in [1.54, 1.807) is 12.1 Å². The van der Waals surface area contributed by atoms with Crippen LogP contribution in [0.5, 0.6) is 5.75 Å². The van der Waals surface area contributed by atoms with Crippen molar-refractivity contribution in [3.05, 3.63) is 29.3 Å². The van der Waals surface area contributed by atoms with Crippen molar-refractivity contribution in [3.8, 4) is 5.75 Å². The van der Waals surface area contributed by atoms with Crippen LogP contribution in [0.15, 0.2) is 18.2 Å². The van der Waals surface area contributed by atoms with Crippen LogP contribution in [0.1, 0.15) is 48.0 Å². The van der Waals surface area contributed by atoms with Crippen molar-refractivity contribution < 1.29 is 14.3 Å². The van der Waals surface area contributed by atoms with E-state index in [1.165, 1.54) is 12.8 Å². The lowest BCUT2D eigenvalue weighted by molar-refractivity contribution is -0.129. The van der Waals surface area contributed by atoms with E-state index in [0.717, 1.165) is 37.9 Å². The zero-order valence-electron chi connectivity index (χ0n) is 15.1. The molecule has 1 aliphatic carbocycles. The molecule has 0 aromatic heterocycles. The van der Waals surface area contributed by atoms with Gasteiger partial charge in [-0.05, 0) is 62.7 Å². The number of carbonyl (C=O) groups excluding carboxylic acids is 2. The number of Topliss-reactive ketones (excluding diaryl/α,β-unsaturated/α-hetero) is 1. The van der Waals surface area contributed by atoms with Crippen LogP contribution in [-0.2, 0) is 11.3 Å². The lowest BCUT2D eigenvalue weighted by Gasteiger charge is -2.34. The summed E-state index contributed by atoms with van der Waals surface area (Å²) in [5.41, 5.74) is 7.08. The Kier molecular flexibility index (Phi) is 4.71. The van der Waals surface area contributed by atoms with Gasteiger partial charge in [0.1, 0.15) is 5.75 Å². The molecule has 1 aromatic carbocycles. The lowest BCUT2D eigenvalue weighted by Crippen LogP contribution is -2.40. The van der Waals surface area contributed by atoms with Gasteiger partial charge in [0.25, 0.3) is 0 Å². The topological polar surface area (TPSA) is 93.5 Å². The van der Waals surface area contributed by atoms with E-state index in [-0.39, 0.29) is 11.7 Å². The first kappa shape index (κ1) is 17.5. The summed E-state index contributed by atoms with van der Waals surface area (Å²) in [6.07, 6.45) is 4.94. The molecule has 2 fully saturated rings. The first-order chi connectivity index (χ1) is 12.6. The number of carbonyl (C=O) groups is 2. The number of rotatable bonds is 3. The fourth-order valence-corrected chi connectivity index (χ4v) is 4.78. The van der Waals surface area contributed by atoms with Crippen molar-refractivity contribution in [2.45, 2.75) is 44.8 Å². The zero-order valence-corrected chi connectivity index (χ0v) is 15.1. The number of piperidine rings is 1. The van der Waals surface area contributed by atoms with Crippen LogP contribution in [0.25, 0.3) is 0 Å². The predicted molar refractivity (Wildman–Crippen MR) is 98.0 cm³/mol. The van der Waals surface area contributed by atoms with Crippen molar-refractivity contribution in [2.75, 3.05) is 19.6 Å². The van der Waals surface area contributed by atoms with E-state index in [9.17, 15) is 9.59 Å². The van der Waals surface area contributed by atoms with Gasteiger partial charge in [0, 0.05) is 30.1 Å². The molecule has 6 nitrogen and oxygen atoms in total. The molecule has 140 valence electrons. The number of benzene rings is 1. The molecule has 6 heteroatoms. The first-order valence-corrected chi connectivity index (χ1v) is 9.61. The Hall–Kier alpha value is -1.92. The Morgan fingerprint density at radius 1 is 1.15 bits per heavy atom. The van der Waals surface area contributed by atoms with E-state index >= 15 is 0 Å². The summed E-state index contributed by atoms with van der Waals surface area (Å²) in [6.45, 7) is 3.25. The van der Waals surface area contributed by atoms with Gasteiger partial charge in [-0.1, -0.05) is 6.07 Å². The molecule has 2 unspecified atom stereocenters. The van der Waals surface area contributed by atoms with Crippen LogP contribution in [0.2, 0.25) is 0 Å². The molecule has 2 heterocycles. The standard InChI is InChI=1S/C20H27N3O3/c21-19(25)13-1-2-15-11-23-12-17(26-16(15)9-13)18(24)14-3-4-20(10-14)5-7-22-8-6-20/h1-2,9,14,17,22-23H,3-8,10-12H2,(H2,21,25). The van der Waals surface area contributed by atoms with E-state index in [0.29, 0.717) is 29.8 Å². The van der Waals surface area contributed by atoms with Gasteiger partial charge in [-0.2, -0.15) is 0 Å². The Balaban J connectivity index is 1.48. The molecule has 3 aliphatic rings. The van der Waals surface area contributed by atoms with Gasteiger partial charge in [0.05, 0.1) is 0 Å². The van der Waals surface area contributed by atoms with E-state index in [2.05, 4.69) is 10.6 Å². The summed E-state index contributed by atoms with van der Waals surface area (Å²) in [6, 6.07) is 5.20. The monoisotopic (exact) mass is 357 g/mol. The normalized spacial score (nSPS) is 27.4. The molecule has 1 amide bonds. The number of fused-ring (bicyclic) bond motifs is 1. The summed E-state index contributed by atoms with van der Waals surface area (Å²) in [5.74, 6) is 0.394. The highest BCUT2D eigenvalue weighted by atomic mass is 16.5. The maximum absolute atomic E-state index is 13.1. The van der Waals surface area contributed by atoms with Gasteiger partial charge >= 0.3 is 0 Å². The average Bonchev–Trinajstić information content (AvgIpc) is 2.92. The van der Waals surface area contributed by atoms with Gasteiger partial charge in [-0.25, -0.2) is 0 Å². The Morgan fingerprint density at radius 3 is 2.73 bits per heavy atom. The van der Waals surface area contributed by atoms with Crippen molar-refractivity contribution in [3.63, 3.8) is 0 Å². The van der Waals surface area contributed by atoms with Crippen LogP contribution < -0.4 is 21.1 Å². The SMILES string of the molecule is NC(=O)c1ccc2c(c1)OC(C(=O)C1CCC3(CCNCC3)C1)CNC2. The number of ketones is 1. The largest absolute Gasteiger partial charge is 0.481 e. The van der Waals surface area contributed by atoms with Crippen LogP contribution in [0.4, 0.5) is 0 Å². The van der Waals surface area contributed by atoms with Crippen LogP contribution in [-0.4, -0.2) is 37.4 Å². The maximum atomic E-state index is 13.1. The minimum Gasteiger partial charge on any atom is -0.481 e. The highest BCUT2D eigenvalue weighted by Crippen LogP contribution is 2.48. The third kappa shape index (κ3) is 3.35. The number of primary amides is 1.